The van der Waals surface area contributed by atoms with Gasteiger partial charge >= 0.3 is 0 Å². The fraction of sp³-hybridized carbons (Fsp3) is 0.400. The van der Waals surface area contributed by atoms with E-state index in [9.17, 15) is 8.78 Å². The number of benzene rings is 1. The van der Waals surface area contributed by atoms with Gasteiger partial charge in [0.25, 0.3) is 0 Å². The molecule has 1 aromatic heterocycles. The number of aromatic nitrogens is 1. The van der Waals surface area contributed by atoms with Crippen LogP contribution in [0.25, 0.3) is 10.9 Å². The average molecular weight is 264 g/mol. The third kappa shape index (κ3) is 2.67. The molecule has 2 rings (SSSR count). The summed E-state index contributed by atoms with van der Waals surface area (Å²) in [6, 6.07) is 4.63. The van der Waals surface area contributed by atoms with Gasteiger partial charge in [0, 0.05) is 23.3 Å². The summed E-state index contributed by atoms with van der Waals surface area (Å²) in [5.74, 6) is -1.57. The van der Waals surface area contributed by atoms with Crippen LogP contribution >= 0.6 is 0 Å². The molecule has 0 unspecified atom stereocenters. The Hall–Kier alpha value is -1.71. The fourth-order valence-electron chi connectivity index (χ4n) is 1.96. The highest BCUT2D eigenvalue weighted by Crippen LogP contribution is 2.29. The van der Waals surface area contributed by atoms with E-state index in [1.807, 2.05) is 19.9 Å². The molecule has 0 atom stereocenters. The smallest absolute Gasteiger partial charge is 0.185 e. The van der Waals surface area contributed by atoms with Crippen LogP contribution < -0.4 is 5.32 Å². The largest absolute Gasteiger partial charge is 0.384 e. The molecule has 0 aliphatic carbocycles. The minimum absolute atomic E-state index is 0.102. The summed E-state index contributed by atoms with van der Waals surface area (Å²) in [5, 5.41) is 3.87. The third-order valence-corrected chi connectivity index (χ3v) is 3.05. The second-order valence-corrected chi connectivity index (χ2v) is 4.93. The molecule has 1 heterocycles. The maximum Gasteiger partial charge on any atom is 0.185 e. The first-order valence-corrected chi connectivity index (χ1v) is 6.57. The fourth-order valence-corrected chi connectivity index (χ4v) is 1.96. The van der Waals surface area contributed by atoms with Crippen LogP contribution in [0.3, 0.4) is 0 Å². The molecule has 0 radical (unpaired) electrons. The molecule has 0 bridgehead atoms. The number of rotatable bonds is 4. The summed E-state index contributed by atoms with van der Waals surface area (Å²) in [6.45, 7) is 6.81. The highest BCUT2D eigenvalue weighted by atomic mass is 19.2. The number of pyridine rings is 1. The summed E-state index contributed by atoms with van der Waals surface area (Å²) in [4.78, 5) is 4.25. The zero-order valence-corrected chi connectivity index (χ0v) is 11.4. The van der Waals surface area contributed by atoms with Crippen molar-refractivity contribution in [1.82, 2.24) is 4.98 Å². The molecule has 0 spiro atoms. The predicted octanol–water partition coefficient (Wildman–Crippen LogP) is 4.46. The number of nitrogens with zero attached hydrogens (tertiary/aromatic N) is 1. The maximum atomic E-state index is 13.9. The normalized spacial score (nSPS) is 11.3. The van der Waals surface area contributed by atoms with E-state index in [1.165, 1.54) is 0 Å². The molecule has 2 aromatic rings. The third-order valence-electron chi connectivity index (χ3n) is 3.05. The van der Waals surface area contributed by atoms with Crippen molar-refractivity contribution >= 4 is 16.6 Å². The molecule has 0 amide bonds. The molecule has 0 fully saturated rings. The zero-order valence-electron chi connectivity index (χ0n) is 11.4. The maximum absolute atomic E-state index is 13.9. The van der Waals surface area contributed by atoms with E-state index in [-0.39, 0.29) is 11.4 Å². The Morgan fingerprint density at radius 3 is 2.63 bits per heavy atom. The minimum Gasteiger partial charge on any atom is -0.384 e. The van der Waals surface area contributed by atoms with Crippen molar-refractivity contribution < 1.29 is 8.78 Å². The van der Waals surface area contributed by atoms with Crippen LogP contribution in [0.1, 0.15) is 38.8 Å². The summed E-state index contributed by atoms with van der Waals surface area (Å²) >= 11 is 0. The number of fused-ring (bicyclic) bond motifs is 1. The van der Waals surface area contributed by atoms with E-state index in [4.69, 9.17) is 0 Å². The zero-order chi connectivity index (χ0) is 14.0. The van der Waals surface area contributed by atoms with Crippen molar-refractivity contribution in [3.05, 3.63) is 35.5 Å². The molecular weight excluding hydrogens is 246 g/mol. The summed E-state index contributed by atoms with van der Waals surface area (Å²) in [5.41, 5.74) is 1.68. The Kier molecular flexibility index (Phi) is 3.98. The van der Waals surface area contributed by atoms with Gasteiger partial charge in [0.2, 0.25) is 0 Å². The van der Waals surface area contributed by atoms with Gasteiger partial charge < -0.3 is 5.32 Å². The molecule has 1 aromatic carbocycles. The molecule has 0 saturated carbocycles. The SMILES string of the molecule is CCCNc1cc(C(C)C)nc2c(F)c(F)ccc12. The van der Waals surface area contributed by atoms with Gasteiger partial charge in [0.15, 0.2) is 11.6 Å². The topological polar surface area (TPSA) is 24.9 Å². The van der Waals surface area contributed by atoms with E-state index in [2.05, 4.69) is 17.2 Å². The van der Waals surface area contributed by atoms with Crippen molar-refractivity contribution in [3.8, 4) is 0 Å². The molecule has 4 heteroatoms. The Bertz CT molecular complexity index is 594. The first-order valence-electron chi connectivity index (χ1n) is 6.57. The van der Waals surface area contributed by atoms with Crippen LogP contribution in [0.5, 0.6) is 0 Å². The first kappa shape index (κ1) is 13.7. The Morgan fingerprint density at radius 1 is 1.26 bits per heavy atom. The van der Waals surface area contributed by atoms with Gasteiger partial charge in [-0.15, -0.1) is 0 Å². The van der Waals surface area contributed by atoms with E-state index in [0.717, 1.165) is 30.4 Å². The summed E-state index contributed by atoms with van der Waals surface area (Å²) in [6.07, 6.45) is 0.963. The molecule has 2 nitrogen and oxygen atoms in total. The van der Waals surface area contributed by atoms with Gasteiger partial charge in [-0.3, -0.25) is 0 Å². The van der Waals surface area contributed by atoms with Crippen molar-refractivity contribution in [2.45, 2.75) is 33.1 Å². The highest BCUT2D eigenvalue weighted by Gasteiger charge is 2.14. The summed E-state index contributed by atoms with van der Waals surface area (Å²) in [7, 11) is 0. The predicted molar refractivity (Wildman–Crippen MR) is 74.5 cm³/mol. The van der Waals surface area contributed by atoms with Crippen LogP contribution in [0, 0.1) is 11.6 Å². The number of hydrogen-bond acceptors (Lipinski definition) is 2. The van der Waals surface area contributed by atoms with Crippen LogP contribution in [0.4, 0.5) is 14.5 Å². The molecular formula is C15H18F2N2. The van der Waals surface area contributed by atoms with Crippen molar-refractivity contribution in [3.63, 3.8) is 0 Å². The van der Waals surface area contributed by atoms with Gasteiger partial charge in [0.1, 0.15) is 5.52 Å². The van der Waals surface area contributed by atoms with Crippen molar-refractivity contribution in [2.75, 3.05) is 11.9 Å². The molecule has 19 heavy (non-hydrogen) atoms. The number of nitrogens with one attached hydrogen (secondary N) is 1. The molecule has 1 N–H and O–H groups in total. The van der Waals surface area contributed by atoms with Crippen LogP contribution in [-0.2, 0) is 0 Å². The number of anilines is 1. The van der Waals surface area contributed by atoms with Crippen molar-refractivity contribution in [2.24, 2.45) is 0 Å². The van der Waals surface area contributed by atoms with Gasteiger partial charge in [0.05, 0.1) is 0 Å². The average Bonchev–Trinajstić information content (AvgIpc) is 2.40. The lowest BCUT2D eigenvalue weighted by molar-refractivity contribution is 0.515. The lowest BCUT2D eigenvalue weighted by Crippen LogP contribution is -2.04. The lowest BCUT2D eigenvalue weighted by atomic mass is 10.1. The van der Waals surface area contributed by atoms with Crippen molar-refractivity contribution in [1.29, 1.82) is 0 Å². The lowest BCUT2D eigenvalue weighted by Gasteiger charge is -2.13. The molecule has 0 aliphatic heterocycles. The van der Waals surface area contributed by atoms with Crippen LogP contribution in [0.15, 0.2) is 18.2 Å². The quantitative estimate of drug-likeness (QED) is 0.882. The van der Waals surface area contributed by atoms with E-state index < -0.39 is 11.6 Å². The van der Waals surface area contributed by atoms with Crippen LogP contribution in [0.2, 0.25) is 0 Å². The van der Waals surface area contributed by atoms with Gasteiger partial charge in [-0.1, -0.05) is 20.8 Å². The monoisotopic (exact) mass is 264 g/mol. The molecule has 102 valence electrons. The Morgan fingerprint density at radius 2 is 2.00 bits per heavy atom. The van der Waals surface area contributed by atoms with Gasteiger partial charge in [-0.05, 0) is 30.5 Å². The highest BCUT2D eigenvalue weighted by molar-refractivity contribution is 5.92. The number of halogens is 2. The minimum atomic E-state index is -0.875. The van der Waals surface area contributed by atoms with Gasteiger partial charge in [-0.2, -0.15) is 0 Å². The molecule has 0 saturated heterocycles. The summed E-state index contributed by atoms with van der Waals surface area (Å²) < 4.78 is 27.2. The van der Waals surface area contributed by atoms with E-state index >= 15 is 0 Å². The number of hydrogen-bond donors (Lipinski definition) is 1. The Labute approximate surface area is 111 Å². The molecule has 0 aliphatic rings. The van der Waals surface area contributed by atoms with E-state index in [0.29, 0.717) is 5.39 Å². The van der Waals surface area contributed by atoms with Crippen LogP contribution in [-0.4, -0.2) is 11.5 Å². The Balaban J connectivity index is 2.67. The van der Waals surface area contributed by atoms with Gasteiger partial charge in [-0.25, -0.2) is 13.8 Å². The first-order chi connectivity index (χ1) is 9.04. The second-order valence-electron chi connectivity index (χ2n) is 4.93. The van der Waals surface area contributed by atoms with E-state index in [1.54, 1.807) is 6.07 Å². The standard InChI is InChI=1S/C15H18F2N2/c1-4-7-18-13-8-12(9(2)3)19-15-10(13)5-6-11(16)14(15)17/h5-6,8-9H,4,7H2,1-3H3,(H,18,19). The second kappa shape index (κ2) is 5.51.